The van der Waals surface area contributed by atoms with E-state index in [1.165, 1.54) is 0 Å². The number of ether oxygens (including phenoxy) is 1. The molecule has 0 saturated carbocycles. The third-order valence-electron chi connectivity index (χ3n) is 4.14. The van der Waals surface area contributed by atoms with E-state index >= 15 is 0 Å². The van der Waals surface area contributed by atoms with E-state index < -0.39 is 5.97 Å². The van der Waals surface area contributed by atoms with Gasteiger partial charge < -0.3 is 9.94 Å². The van der Waals surface area contributed by atoms with Crippen molar-refractivity contribution >= 4 is 34.1 Å². The Labute approximate surface area is 156 Å². The van der Waals surface area contributed by atoms with Crippen molar-refractivity contribution in [3.8, 4) is 0 Å². The SMILES string of the molecule is O=C(OCc1ccccc1)/C(CCc1ccc2ccccc2c1Cl)=N\O. The molecule has 0 aliphatic heterocycles. The van der Waals surface area contributed by atoms with Crippen molar-refractivity contribution in [3.63, 3.8) is 0 Å². The normalized spacial score (nSPS) is 11.5. The Morgan fingerprint density at radius 3 is 2.50 bits per heavy atom. The van der Waals surface area contributed by atoms with Crippen LogP contribution in [0.5, 0.6) is 0 Å². The zero-order valence-corrected chi connectivity index (χ0v) is 14.8. The number of carbonyl (C=O) groups excluding carboxylic acids is 1. The summed E-state index contributed by atoms with van der Waals surface area (Å²) in [6.45, 7) is 0.134. The lowest BCUT2D eigenvalue weighted by Crippen LogP contribution is -2.18. The number of hydrogen-bond donors (Lipinski definition) is 1. The van der Waals surface area contributed by atoms with Gasteiger partial charge in [-0.3, -0.25) is 0 Å². The third kappa shape index (κ3) is 4.21. The van der Waals surface area contributed by atoms with Crippen molar-refractivity contribution in [1.82, 2.24) is 0 Å². The largest absolute Gasteiger partial charge is 0.456 e. The third-order valence-corrected chi connectivity index (χ3v) is 4.59. The van der Waals surface area contributed by atoms with Crippen LogP contribution in [0.3, 0.4) is 0 Å². The molecule has 5 heteroatoms. The lowest BCUT2D eigenvalue weighted by molar-refractivity contribution is -0.137. The zero-order chi connectivity index (χ0) is 18.4. The fraction of sp³-hybridized carbons (Fsp3) is 0.143. The fourth-order valence-electron chi connectivity index (χ4n) is 2.72. The molecule has 26 heavy (non-hydrogen) atoms. The van der Waals surface area contributed by atoms with Crippen LogP contribution in [0, 0.1) is 0 Å². The topological polar surface area (TPSA) is 58.9 Å². The summed E-state index contributed by atoms with van der Waals surface area (Å²) >= 11 is 6.47. The maximum absolute atomic E-state index is 12.1. The number of halogens is 1. The lowest BCUT2D eigenvalue weighted by atomic mass is 10.0. The quantitative estimate of drug-likeness (QED) is 0.288. The summed E-state index contributed by atoms with van der Waals surface area (Å²) in [6.07, 6.45) is 0.714. The molecule has 3 aromatic rings. The Kier molecular flexibility index (Phi) is 5.87. The molecule has 0 atom stereocenters. The van der Waals surface area contributed by atoms with E-state index in [1.807, 2.05) is 66.7 Å². The molecule has 0 spiro atoms. The van der Waals surface area contributed by atoms with Gasteiger partial charge in [-0.25, -0.2) is 4.79 Å². The van der Waals surface area contributed by atoms with Gasteiger partial charge in [-0.2, -0.15) is 0 Å². The average molecular weight is 368 g/mol. The van der Waals surface area contributed by atoms with Crippen LogP contribution in [0.1, 0.15) is 17.5 Å². The summed E-state index contributed by atoms with van der Waals surface area (Å²) in [4.78, 5) is 12.1. The molecule has 0 bridgehead atoms. The number of nitrogens with zero attached hydrogens (tertiary/aromatic N) is 1. The molecule has 0 aliphatic carbocycles. The predicted octanol–water partition coefficient (Wildman–Crippen LogP) is 5.00. The minimum absolute atomic E-state index is 0.0230. The van der Waals surface area contributed by atoms with Crippen LogP contribution in [0.4, 0.5) is 0 Å². The van der Waals surface area contributed by atoms with E-state index in [9.17, 15) is 4.79 Å². The van der Waals surface area contributed by atoms with Gasteiger partial charge in [0.15, 0.2) is 5.71 Å². The van der Waals surface area contributed by atoms with Gasteiger partial charge in [0.1, 0.15) is 6.61 Å². The van der Waals surface area contributed by atoms with E-state index in [-0.39, 0.29) is 18.7 Å². The van der Waals surface area contributed by atoms with Crippen molar-refractivity contribution < 1.29 is 14.7 Å². The second-order valence-electron chi connectivity index (χ2n) is 5.87. The Hall–Kier alpha value is -2.85. The summed E-state index contributed by atoms with van der Waals surface area (Å²) in [5, 5.41) is 14.9. The number of rotatable bonds is 6. The molecule has 4 nitrogen and oxygen atoms in total. The standard InChI is InChI=1S/C21H18ClNO3/c22-20-17(11-10-16-8-4-5-9-18(16)20)12-13-19(23-25)21(24)26-14-15-6-2-1-3-7-15/h1-11,25H,12-14H2/b23-19-. The molecule has 132 valence electrons. The molecule has 0 radical (unpaired) electrons. The Balaban J connectivity index is 1.64. The molecule has 0 fully saturated rings. The molecule has 1 N–H and O–H groups in total. The average Bonchev–Trinajstić information content (AvgIpc) is 2.69. The number of oxime groups is 1. The number of aryl methyl sites for hydroxylation is 1. The van der Waals surface area contributed by atoms with Gasteiger partial charge in [0.25, 0.3) is 0 Å². The van der Waals surface area contributed by atoms with Gasteiger partial charge in [0, 0.05) is 11.8 Å². The number of hydrogen-bond acceptors (Lipinski definition) is 4. The Bertz CT molecular complexity index is 938. The van der Waals surface area contributed by atoms with Gasteiger partial charge in [-0.1, -0.05) is 83.5 Å². The summed E-state index contributed by atoms with van der Waals surface area (Å²) < 4.78 is 5.21. The first kappa shape index (κ1) is 18.0. The van der Waals surface area contributed by atoms with Crippen LogP contribution in [0.2, 0.25) is 5.02 Å². The smallest absolute Gasteiger partial charge is 0.356 e. The second-order valence-corrected chi connectivity index (χ2v) is 6.25. The van der Waals surface area contributed by atoms with Gasteiger partial charge in [-0.15, -0.1) is 0 Å². The van der Waals surface area contributed by atoms with Crippen molar-refractivity contribution in [2.75, 3.05) is 0 Å². The summed E-state index contributed by atoms with van der Waals surface area (Å²) in [6, 6.07) is 21.1. The number of esters is 1. The number of fused-ring (bicyclic) bond motifs is 1. The summed E-state index contributed by atoms with van der Waals surface area (Å²) in [5.74, 6) is -0.631. The molecular weight excluding hydrogens is 350 g/mol. The van der Waals surface area contributed by atoms with E-state index in [4.69, 9.17) is 21.5 Å². The number of carbonyl (C=O) groups is 1. The van der Waals surface area contributed by atoms with E-state index in [0.717, 1.165) is 21.9 Å². The lowest BCUT2D eigenvalue weighted by Gasteiger charge is -2.09. The van der Waals surface area contributed by atoms with Crippen LogP contribution in [-0.2, 0) is 22.6 Å². The van der Waals surface area contributed by atoms with E-state index in [1.54, 1.807) is 0 Å². The van der Waals surface area contributed by atoms with Gasteiger partial charge in [0.05, 0.1) is 5.02 Å². The monoisotopic (exact) mass is 367 g/mol. The molecule has 0 saturated heterocycles. The molecule has 3 rings (SSSR count). The van der Waals surface area contributed by atoms with Crippen LogP contribution in [0.15, 0.2) is 71.9 Å². The van der Waals surface area contributed by atoms with E-state index in [2.05, 4.69) is 5.16 Å². The molecule has 3 aromatic carbocycles. The van der Waals surface area contributed by atoms with Crippen LogP contribution < -0.4 is 0 Å². The number of benzene rings is 3. The van der Waals surface area contributed by atoms with Crippen molar-refractivity contribution in [3.05, 3.63) is 82.9 Å². The zero-order valence-electron chi connectivity index (χ0n) is 14.1. The molecule has 0 amide bonds. The molecule has 0 heterocycles. The Morgan fingerprint density at radius 1 is 1.00 bits per heavy atom. The minimum Gasteiger partial charge on any atom is -0.456 e. The first-order valence-corrected chi connectivity index (χ1v) is 8.65. The second kappa shape index (κ2) is 8.50. The van der Waals surface area contributed by atoms with Crippen LogP contribution >= 0.6 is 11.6 Å². The van der Waals surface area contributed by atoms with Crippen molar-refractivity contribution in [2.24, 2.45) is 5.16 Å². The fourth-order valence-corrected chi connectivity index (χ4v) is 3.05. The van der Waals surface area contributed by atoms with Crippen LogP contribution in [-0.4, -0.2) is 16.9 Å². The molecular formula is C21H18ClNO3. The Morgan fingerprint density at radius 2 is 1.73 bits per heavy atom. The van der Waals surface area contributed by atoms with Crippen LogP contribution in [0.25, 0.3) is 10.8 Å². The highest BCUT2D eigenvalue weighted by Gasteiger charge is 2.15. The minimum atomic E-state index is -0.631. The maximum Gasteiger partial charge on any atom is 0.356 e. The predicted molar refractivity (Wildman–Crippen MR) is 103 cm³/mol. The van der Waals surface area contributed by atoms with Gasteiger partial charge in [-0.05, 0) is 22.9 Å². The highest BCUT2D eigenvalue weighted by molar-refractivity contribution is 6.37. The summed E-state index contributed by atoms with van der Waals surface area (Å²) in [5.41, 5.74) is 1.74. The maximum atomic E-state index is 12.1. The summed E-state index contributed by atoms with van der Waals surface area (Å²) in [7, 11) is 0. The first-order chi connectivity index (χ1) is 12.7. The highest BCUT2D eigenvalue weighted by atomic mass is 35.5. The first-order valence-electron chi connectivity index (χ1n) is 8.27. The van der Waals surface area contributed by atoms with Gasteiger partial charge >= 0.3 is 5.97 Å². The molecule has 0 unspecified atom stereocenters. The van der Waals surface area contributed by atoms with E-state index in [0.29, 0.717) is 11.4 Å². The highest BCUT2D eigenvalue weighted by Crippen LogP contribution is 2.28. The molecule has 0 aliphatic rings. The molecule has 0 aromatic heterocycles. The van der Waals surface area contributed by atoms with Crippen molar-refractivity contribution in [2.45, 2.75) is 19.4 Å². The van der Waals surface area contributed by atoms with Crippen molar-refractivity contribution in [1.29, 1.82) is 0 Å². The van der Waals surface area contributed by atoms with Gasteiger partial charge in [0.2, 0.25) is 0 Å².